The van der Waals surface area contributed by atoms with Gasteiger partial charge in [-0.25, -0.2) is 8.42 Å². The van der Waals surface area contributed by atoms with E-state index in [0.29, 0.717) is 11.4 Å². The highest BCUT2D eigenvalue weighted by atomic mass is 32.2. The molecule has 6 heteroatoms. The molecule has 1 aromatic carbocycles. The van der Waals surface area contributed by atoms with Crippen LogP contribution in [0.3, 0.4) is 0 Å². The van der Waals surface area contributed by atoms with Gasteiger partial charge in [-0.15, -0.1) is 0 Å². The third kappa shape index (κ3) is 2.55. The smallest absolute Gasteiger partial charge is 0.243 e. The number of rotatable bonds is 4. The van der Waals surface area contributed by atoms with E-state index in [1.807, 2.05) is 20.8 Å². The summed E-state index contributed by atoms with van der Waals surface area (Å²) >= 11 is 0. The molecule has 1 unspecified atom stereocenters. The maximum Gasteiger partial charge on any atom is 0.243 e. The summed E-state index contributed by atoms with van der Waals surface area (Å²) in [5, 5.41) is 0. The first kappa shape index (κ1) is 15.3. The van der Waals surface area contributed by atoms with Crippen molar-refractivity contribution in [2.24, 2.45) is 5.84 Å². The van der Waals surface area contributed by atoms with Gasteiger partial charge in [-0.05, 0) is 56.4 Å². The van der Waals surface area contributed by atoms with Gasteiger partial charge in [0.15, 0.2) is 0 Å². The number of nitrogens with two attached hydrogens (primary N) is 1. The largest absolute Gasteiger partial charge is 0.324 e. The average Bonchev–Trinajstić information content (AvgIpc) is 2.86. The Balaban J connectivity index is 2.50. The van der Waals surface area contributed by atoms with Crippen LogP contribution in [0.2, 0.25) is 0 Å². The summed E-state index contributed by atoms with van der Waals surface area (Å²) in [6.07, 6.45) is 2.76. The van der Waals surface area contributed by atoms with Crippen LogP contribution in [-0.2, 0) is 10.0 Å². The molecule has 0 aliphatic carbocycles. The van der Waals surface area contributed by atoms with E-state index in [0.717, 1.165) is 36.1 Å². The summed E-state index contributed by atoms with van der Waals surface area (Å²) < 4.78 is 27.5. The molecule has 1 aliphatic heterocycles. The highest BCUT2D eigenvalue weighted by Gasteiger charge is 2.35. The van der Waals surface area contributed by atoms with Crippen molar-refractivity contribution in [1.29, 1.82) is 0 Å². The molecule has 0 spiro atoms. The molecule has 5 nitrogen and oxygen atoms in total. The van der Waals surface area contributed by atoms with Crippen LogP contribution in [-0.4, -0.2) is 25.3 Å². The third-order valence-electron chi connectivity index (χ3n) is 3.99. The van der Waals surface area contributed by atoms with E-state index < -0.39 is 10.0 Å². The zero-order valence-electron chi connectivity index (χ0n) is 12.3. The third-order valence-corrected chi connectivity index (χ3v) is 6.25. The van der Waals surface area contributed by atoms with Gasteiger partial charge in [-0.2, -0.15) is 4.31 Å². The molecule has 0 saturated carbocycles. The summed E-state index contributed by atoms with van der Waals surface area (Å²) in [5.41, 5.74) is 4.77. The van der Waals surface area contributed by atoms with Gasteiger partial charge in [0.2, 0.25) is 10.0 Å². The minimum Gasteiger partial charge on any atom is -0.324 e. The number of hydrogen-bond acceptors (Lipinski definition) is 4. The second-order valence-electron chi connectivity index (χ2n) is 5.40. The molecule has 3 N–H and O–H groups in total. The molecule has 1 aromatic rings. The predicted octanol–water partition coefficient (Wildman–Crippen LogP) is 2.15. The van der Waals surface area contributed by atoms with Crippen LogP contribution in [0.1, 0.15) is 37.3 Å². The second-order valence-corrected chi connectivity index (χ2v) is 7.23. The van der Waals surface area contributed by atoms with Crippen molar-refractivity contribution in [3.8, 4) is 0 Å². The number of nitrogens with zero attached hydrogens (tertiary/aromatic N) is 1. The minimum absolute atomic E-state index is 0.131. The van der Waals surface area contributed by atoms with Gasteiger partial charge < -0.3 is 5.43 Å². The summed E-state index contributed by atoms with van der Waals surface area (Å²) in [7, 11) is -3.42. The standard InChI is InChI=1S/C14H23N3O2S/c1-4-13-6-5-7-17(13)20(18,19)14-10(2)8-12(16-15)9-11(14)3/h8-9,13,16H,4-7,15H2,1-3H3. The van der Waals surface area contributed by atoms with E-state index in [1.54, 1.807) is 16.4 Å². The molecule has 1 aliphatic rings. The van der Waals surface area contributed by atoms with Gasteiger partial charge in [-0.3, -0.25) is 5.84 Å². The van der Waals surface area contributed by atoms with Crippen LogP contribution < -0.4 is 11.3 Å². The van der Waals surface area contributed by atoms with Crippen molar-refractivity contribution >= 4 is 15.7 Å². The maximum atomic E-state index is 12.9. The lowest BCUT2D eigenvalue weighted by atomic mass is 10.1. The van der Waals surface area contributed by atoms with Crippen LogP contribution in [0.5, 0.6) is 0 Å². The Morgan fingerprint density at radius 1 is 1.35 bits per heavy atom. The number of hydrogen-bond donors (Lipinski definition) is 2. The van der Waals surface area contributed by atoms with Crippen LogP contribution in [0.15, 0.2) is 17.0 Å². The Morgan fingerprint density at radius 2 is 1.95 bits per heavy atom. The summed E-state index contributed by atoms with van der Waals surface area (Å²) in [5.74, 6) is 5.40. The molecule has 0 amide bonds. The molecule has 1 fully saturated rings. The molecule has 112 valence electrons. The highest BCUT2D eigenvalue weighted by molar-refractivity contribution is 7.89. The van der Waals surface area contributed by atoms with E-state index in [-0.39, 0.29) is 6.04 Å². The number of sulfonamides is 1. The average molecular weight is 297 g/mol. The van der Waals surface area contributed by atoms with E-state index in [1.165, 1.54) is 0 Å². The second kappa shape index (κ2) is 5.71. The fourth-order valence-electron chi connectivity index (χ4n) is 3.09. The number of hydrazine groups is 1. The lowest BCUT2D eigenvalue weighted by molar-refractivity contribution is 0.379. The number of anilines is 1. The Hall–Kier alpha value is -1.11. The predicted molar refractivity (Wildman–Crippen MR) is 80.9 cm³/mol. The lowest BCUT2D eigenvalue weighted by Gasteiger charge is -2.25. The molecule has 2 rings (SSSR count). The lowest BCUT2D eigenvalue weighted by Crippen LogP contribution is -2.35. The normalized spacial score (nSPS) is 20.3. The van der Waals surface area contributed by atoms with Crippen molar-refractivity contribution in [1.82, 2.24) is 4.31 Å². The van der Waals surface area contributed by atoms with Crippen molar-refractivity contribution < 1.29 is 8.42 Å². The Kier molecular flexibility index (Phi) is 4.36. The maximum absolute atomic E-state index is 12.9. The first-order chi connectivity index (χ1) is 9.41. The summed E-state index contributed by atoms with van der Waals surface area (Å²) in [6, 6.07) is 3.68. The van der Waals surface area contributed by atoms with Crippen molar-refractivity contribution in [3.63, 3.8) is 0 Å². The Labute approximate surface area is 121 Å². The first-order valence-electron chi connectivity index (χ1n) is 7.01. The fourth-order valence-corrected chi connectivity index (χ4v) is 5.27. The van der Waals surface area contributed by atoms with Crippen LogP contribution >= 0.6 is 0 Å². The zero-order valence-corrected chi connectivity index (χ0v) is 13.1. The molecule has 0 bridgehead atoms. The van der Waals surface area contributed by atoms with Gasteiger partial charge in [-0.1, -0.05) is 6.92 Å². The topological polar surface area (TPSA) is 75.4 Å². The van der Waals surface area contributed by atoms with E-state index in [9.17, 15) is 8.42 Å². The molecule has 1 saturated heterocycles. The van der Waals surface area contributed by atoms with Crippen LogP contribution in [0.25, 0.3) is 0 Å². The molecule has 1 atom stereocenters. The number of nitrogens with one attached hydrogen (secondary N) is 1. The first-order valence-corrected chi connectivity index (χ1v) is 8.45. The fraction of sp³-hybridized carbons (Fsp3) is 0.571. The SMILES string of the molecule is CCC1CCCN1S(=O)(=O)c1c(C)cc(NN)cc1C. The number of aryl methyl sites for hydroxylation is 2. The van der Waals surface area contributed by atoms with E-state index in [4.69, 9.17) is 5.84 Å². The van der Waals surface area contributed by atoms with Gasteiger partial charge >= 0.3 is 0 Å². The van der Waals surface area contributed by atoms with E-state index >= 15 is 0 Å². The monoisotopic (exact) mass is 297 g/mol. The molecule has 20 heavy (non-hydrogen) atoms. The quantitative estimate of drug-likeness (QED) is 0.659. The molecule has 1 heterocycles. The number of benzene rings is 1. The highest BCUT2D eigenvalue weighted by Crippen LogP contribution is 2.32. The molecular weight excluding hydrogens is 274 g/mol. The minimum atomic E-state index is -3.42. The van der Waals surface area contributed by atoms with E-state index in [2.05, 4.69) is 5.43 Å². The Morgan fingerprint density at radius 3 is 2.45 bits per heavy atom. The van der Waals surface area contributed by atoms with Gasteiger partial charge in [0.05, 0.1) is 4.90 Å². The van der Waals surface area contributed by atoms with Crippen LogP contribution in [0.4, 0.5) is 5.69 Å². The summed E-state index contributed by atoms with van der Waals surface area (Å²) in [4.78, 5) is 0.428. The van der Waals surface area contributed by atoms with Gasteiger partial charge in [0.1, 0.15) is 0 Å². The summed E-state index contributed by atoms with van der Waals surface area (Å²) in [6.45, 7) is 6.30. The Bertz CT molecular complexity index is 575. The molecular formula is C14H23N3O2S. The van der Waals surface area contributed by atoms with Crippen molar-refractivity contribution in [2.75, 3.05) is 12.0 Å². The zero-order chi connectivity index (χ0) is 14.9. The van der Waals surface area contributed by atoms with Crippen molar-refractivity contribution in [2.45, 2.75) is 51.0 Å². The number of nitrogen functional groups attached to an aromatic ring is 1. The molecule has 0 aromatic heterocycles. The van der Waals surface area contributed by atoms with Gasteiger partial charge in [0.25, 0.3) is 0 Å². The van der Waals surface area contributed by atoms with Crippen LogP contribution in [0, 0.1) is 13.8 Å². The van der Waals surface area contributed by atoms with Crippen molar-refractivity contribution in [3.05, 3.63) is 23.3 Å². The molecule has 0 radical (unpaired) electrons. The van der Waals surface area contributed by atoms with Gasteiger partial charge in [0, 0.05) is 18.3 Å².